The zero-order valence-electron chi connectivity index (χ0n) is 9.44. The van der Waals surface area contributed by atoms with Gasteiger partial charge >= 0.3 is 12.0 Å². The monoisotopic (exact) mass is 271 g/mol. The van der Waals surface area contributed by atoms with E-state index in [1.807, 2.05) is 0 Å². The number of thiazole rings is 1. The second kappa shape index (κ2) is 5.32. The molecule has 0 aromatic carbocycles. The minimum Gasteiger partial charge on any atom is -0.480 e. The Bertz CT molecular complexity index is 436. The number of rotatable bonds is 3. The van der Waals surface area contributed by atoms with Crippen LogP contribution < -0.4 is 5.32 Å². The van der Waals surface area contributed by atoms with Crippen LogP contribution in [0.5, 0.6) is 0 Å². The fourth-order valence-electron chi connectivity index (χ4n) is 1.87. The number of aliphatic hydroxyl groups excluding tert-OH is 1. The Morgan fingerprint density at radius 2 is 2.39 bits per heavy atom. The van der Waals surface area contributed by atoms with Crippen LogP contribution in [-0.2, 0) is 11.3 Å². The van der Waals surface area contributed by atoms with Gasteiger partial charge in [-0.05, 0) is 0 Å². The van der Waals surface area contributed by atoms with Crippen LogP contribution in [0, 0.1) is 0 Å². The summed E-state index contributed by atoms with van der Waals surface area (Å²) in [6.07, 6.45) is 0.933. The first-order valence-electron chi connectivity index (χ1n) is 5.40. The molecule has 8 heteroatoms. The molecule has 0 saturated carbocycles. The summed E-state index contributed by atoms with van der Waals surface area (Å²) in [5.74, 6) is -1.10. The van der Waals surface area contributed by atoms with Crippen molar-refractivity contribution in [1.29, 1.82) is 0 Å². The number of aliphatic hydroxyl groups is 1. The number of hydrogen-bond donors (Lipinski definition) is 3. The smallest absolute Gasteiger partial charge is 0.326 e. The third-order valence-corrected chi connectivity index (χ3v) is 3.50. The van der Waals surface area contributed by atoms with E-state index >= 15 is 0 Å². The molecule has 2 atom stereocenters. The van der Waals surface area contributed by atoms with Crippen LogP contribution in [-0.4, -0.2) is 50.8 Å². The van der Waals surface area contributed by atoms with Crippen molar-refractivity contribution in [3.63, 3.8) is 0 Å². The van der Waals surface area contributed by atoms with Gasteiger partial charge < -0.3 is 20.4 Å². The lowest BCUT2D eigenvalue weighted by Gasteiger charge is -2.21. The third-order valence-electron chi connectivity index (χ3n) is 2.72. The number of likely N-dealkylation sites (tertiary alicyclic amines) is 1. The van der Waals surface area contributed by atoms with E-state index in [9.17, 15) is 14.7 Å². The van der Waals surface area contributed by atoms with Gasteiger partial charge in [0, 0.05) is 24.0 Å². The summed E-state index contributed by atoms with van der Waals surface area (Å²) in [5.41, 5.74) is 1.65. The molecule has 2 heterocycles. The Hall–Kier alpha value is -1.67. The average molecular weight is 271 g/mol. The molecule has 0 aliphatic carbocycles. The fourth-order valence-corrected chi connectivity index (χ4v) is 2.40. The van der Waals surface area contributed by atoms with E-state index in [2.05, 4.69) is 10.3 Å². The van der Waals surface area contributed by atoms with E-state index < -0.39 is 24.1 Å². The summed E-state index contributed by atoms with van der Waals surface area (Å²) in [5, 5.41) is 21.0. The maximum absolute atomic E-state index is 11.8. The van der Waals surface area contributed by atoms with Gasteiger partial charge in [0.1, 0.15) is 6.04 Å². The van der Waals surface area contributed by atoms with Gasteiger partial charge in [0.25, 0.3) is 0 Å². The minimum absolute atomic E-state index is 0.0471. The first kappa shape index (κ1) is 12.8. The quantitative estimate of drug-likeness (QED) is 0.710. The van der Waals surface area contributed by atoms with E-state index in [0.29, 0.717) is 6.54 Å². The Kier molecular flexibility index (Phi) is 3.78. The van der Waals surface area contributed by atoms with Gasteiger partial charge in [-0.15, -0.1) is 11.3 Å². The van der Waals surface area contributed by atoms with Crippen LogP contribution in [0.25, 0.3) is 0 Å². The standard InChI is InChI=1S/C10H13N3O4S/c14-6-1-8(9(15)16)13(4-6)10(17)12-3-7-2-11-5-18-7/h2,5-6,8,14H,1,3-4H2,(H,12,17)(H,15,16)/t6-,8+/m1/s1. The maximum atomic E-state index is 11.8. The van der Waals surface area contributed by atoms with E-state index in [0.717, 1.165) is 9.78 Å². The first-order chi connectivity index (χ1) is 8.58. The second-order valence-electron chi connectivity index (χ2n) is 4.02. The molecule has 1 aliphatic heterocycles. The van der Waals surface area contributed by atoms with Crippen molar-refractivity contribution in [2.75, 3.05) is 6.54 Å². The maximum Gasteiger partial charge on any atom is 0.326 e. The number of carboxylic acid groups (broad SMARTS) is 1. The topological polar surface area (TPSA) is 103 Å². The molecular weight excluding hydrogens is 258 g/mol. The molecule has 0 spiro atoms. The van der Waals surface area contributed by atoms with Gasteiger partial charge in [-0.2, -0.15) is 0 Å². The zero-order chi connectivity index (χ0) is 13.1. The van der Waals surface area contributed by atoms with Crippen molar-refractivity contribution < 1.29 is 19.8 Å². The largest absolute Gasteiger partial charge is 0.480 e. The van der Waals surface area contributed by atoms with E-state index in [-0.39, 0.29) is 13.0 Å². The number of β-amino-alcohol motifs (C(OH)–C–C–N with tert-alkyl or cyclic N) is 1. The van der Waals surface area contributed by atoms with Crippen molar-refractivity contribution in [1.82, 2.24) is 15.2 Å². The van der Waals surface area contributed by atoms with Crippen molar-refractivity contribution >= 4 is 23.3 Å². The number of urea groups is 1. The molecule has 3 N–H and O–H groups in total. The molecule has 0 bridgehead atoms. The Labute approximate surface area is 107 Å². The van der Waals surface area contributed by atoms with Gasteiger partial charge in [-0.1, -0.05) is 0 Å². The van der Waals surface area contributed by atoms with Crippen LogP contribution in [0.4, 0.5) is 4.79 Å². The number of carboxylic acids is 1. The Balaban J connectivity index is 1.93. The number of nitrogens with one attached hydrogen (secondary N) is 1. The molecule has 1 fully saturated rings. The minimum atomic E-state index is -1.10. The molecular formula is C10H13N3O4S. The highest BCUT2D eigenvalue weighted by molar-refractivity contribution is 7.09. The Morgan fingerprint density at radius 3 is 3.00 bits per heavy atom. The summed E-state index contributed by atoms with van der Waals surface area (Å²) in [4.78, 5) is 28.7. The van der Waals surface area contributed by atoms with Crippen molar-refractivity contribution in [3.8, 4) is 0 Å². The molecule has 18 heavy (non-hydrogen) atoms. The van der Waals surface area contributed by atoms with Crippen LogP contribution >= 0.6 is 11.3 Å². The number of nitrogens with zero attached hydrogens (tertiary/aromatic N) is 2. The molecule has 2 rings (SSSR count). The summed E-state index contributed by atoms with van der Waals surface area (Å²) >= 11 is 1.41. The van der Waals surface area contributed by atoms with Crippen molar-refractivity contribution in [2.24, 2.45) is 0 Å². The third kappa shape index (κ3) is 2.77. The highest BCUT2D eigenvalue weighted by Crippen LogP contribution is 2.18. The second-order valence-corrected chi connectivity index (χ2v) is 4.99. The van der Waals surface area contributed by atoms with Crippen LogP contribution in [0.3, 0.4) is 0 Å². The van der Waals surface area contributed by atoms with E-state index in [1.54, 1.807) is 11.7 Å². The lowest BCUT2D eigenvalue weighted by Crippen LogP contribution is -2.45. The van der Waals surface area contributed by atoms with E-state index in [4.69, 9.17) is 5.11 Å². The van der Waals surface area contributed by atoms with Crippen LogP contribution in [0.2, 0.25) is 0 Å². The number of aliphatic carboxylic acids is 1. The van der Waals surface area contributed by atoms with Crippen LogP contribution in [0.15, 0.2) is 11.7 Å². The molecule has 0 radical (unpaired) electrons. The number of carbonyl (C=O) groups excluding carboxylic acids is 1. The molecule has 1 aromatic rings. The number of amides is 2. The lowest BCUT2D eigenvalue weighted by molar-refractivity contribution is -0.141. The molecule has 7 nitrogen and oxygen atoms in total. The van der Waals surface area contributed by atoms with Gasteiger partial charge in [0.05, 0.1) is 18.2 Å². The predicted octanol–water partition coefficient (Wildman–Crippen LogP) is -0.127. The van der Waals surface area contributed by atoms with Crippen molar-refractivity contribution in [2.45, 2.75) is 25.1 Å². The SMILES string of the molecule is O=C(O)[C@@H]1C[C@@H](O)CN1C(=O)NCc1cncs1. The summed E-state index contributed by atoms with van der Waals surface area (Å²) in [7, 11) is 0. The average Bonchev–Trinajstić information content (AvgIpc) is 2.94. The van der Waals surface area contributed by atoms with E-state index in [1.165, 1.54) is 11.3 Å². The highest BCUT2D eigenvalue weighted by Gasteiger charge is 2.38. The lowest BCUT2D eigenvalue weighted by atomic mass is 10.2. The molecule has 1 aliphatic rings. The molecule has 2 amide bonds. The van der Waals surface area contributed by atoms with Gasteiger partial charge in [-0.25, -0.2) is 9.59 Å². The van der Waals surface area contributed by atoms with Gasteiger partial charge in [-0.3, -0.25) is 4.98 Å². The summed E-state index contributed by atoms with van der Waals surface area (Å²) in [6, 6.07) is -1.44. The summed E-state index contributed by atoms with van der Waals surface area (Å²) < 4.78 is 0. The highest BCUT2D eigenvalue weighted by atomic mass is 32.1. The van der Waals surface area contributed by atoms with Gasteiger partial charge in [0.2, 0.25) is 0 Å². The van der Waals surface area contributed by atoms with Gasteiger partial charge in [0.15, 0.2) is 0 Å². The van der Waals surface area contributed by atoms with Crippen molar-refractivity contribution in [3.05, 3.63) is 16.6 Å². The molecule has 1 aromatic heterocycles. The number of hydrogen-bond acceptors (Lipinski definition) is 5. The number of aromatic nitrogens is 1. The predicted molar refractivity (Wildman–Crippen MR) is 63.1 cm³/mol. The molecule has 1 saturated heterocycles. The fraction of sp³-hybridized carbons (Fsp3) is 0.500. The summed E-state index contributed by atoms with van der Waals surface area (Å²) in [6.45, 7) is 0.355. The van der Waals surface area contributed by atoms with Crippen LogP contribution in [0.1, 0.15) is 11.3 Å². The molecule has 0 unspecified atom stereocenters. The number of carbonyl (C=O) groups is 2. The zero-order valence-corrected chi connectivity index (χ0v) is 10.3. The normalized spacial score (nSPS) is 23.1. The first-order valence-corrected chi connectivity index (χ1v) is 6.28. The Morgan fingerprint density at radius 1 is 1.61 bits per heavy atom. The molecule has 98 valence electrons.